The molecule has 0 aliphatic heterocycles. The number of nitrogens with one attached hydrogen (secondary N) is 1. The van der Waals surface area contributed by atoms with E-state index in [-0.39, 0.29) is 11.7 Å². The van der Waals surface area contributed by atoms with Crippen molar-refractivity contribution in [1.82, 2.24) is 4.98 Å². The number of halogens is 1. The number of benzene rings is 2. The Kier molecular flexibility index (Phi) is 3.58. The molecule has 0 aliphatic carbocycles. The average molecular weight is 297 g/mol. The number of nitrogens with two attached hydrogens (primary N) is 1. The Balaban J connectivity index is 2.21. The zero-order valence-electron chi connectivity index (χ0n) is 11.0. The molecule has 3 nitrogen and oxygen atoms in total. The van der Waals surface area contributed by atoms with Gasteiger partial charge in [0.05, 0.1) is 5.52 Å². The molecule has 0 atom stereocenters. The van der Waals surface area contributed by atoms with Gasteiger partial charge in [-0.15, -0.1) is 0 Å². The van der Waals surface area contributed by atoms with Gasteiger partial charge < -0.3 is 5.73 Å². The van der Waals surface area contributed by atoms with Gasteiger partial charge in [0, 0.05) is 26.9 Å². The number of amidine groups is 1. The highest BCUT2D eigenvalue weighted by molar-refractivity contribution is 7.99. The van der Waals surface area contributed by atoms with Crippen molar-refractivity contribution in [1.29, 1.82) is 5.41 Å². The summed E-state index contributed by atoms with van der Waals surface area (Å²) in [5.74, 6) is -0.370. The third-order valence-electron chi connectivity index (χ3n) is 3.06. The molecule has 0 aliphatic rings. The summed E-state index contributed by atoms with van der Waals surface area (Å²) in [7, 11) is 0. The van der Waals surface area contributed by atoms with Gasteiger partial charge in [-0.2, -0.15) is 0 Å². The summed E-state index contributed by atoms with van der Waals surface area (Å²) in [5.41, 5.74) is 6.94. The lowest BCUT2D eigenvalue weighted by Crippen LogP contribution is -2.13. The van der Waals surface area contributed by atoms with Crippen molar-refractivity contribution in [3.05, 3.63) is 66.1 Å². The highest BCUT2D eigenvalue weighted by Crippen LogP contribution is 2.36. The molecule has 2 aromatic carbocycles. The molecular formula is C16H12FN3S. The van der Waals surface area contributed by atoms with Crippen LogP contribution in [-0.4, -0.2) is 10.8 Å². The van der Waals surface area contributed by atoms with Crippen LogP contribution in [0.15, 0.2) is 64.5 Å². The van der Waals surface area contributed by atoms with Crippen molar-refractivity contribution in [2.24, 2.45) is 5.73 Å². The molecule has 0 saturated carbocycles. The van der Waals surface area contributed by atoms with E-state index in [9.17, 15) is 4.39 Å². The zero-order valence-corrected chi connectivity index (χ0v) is 11.8. The molecule has 0 fully saturated rings. The van der Waals surface area contributed by atoms with Crippen LogP contribution in [0.4, 0.5) is 4.39 Å². The molecule has 5 heteroatoms. The Hall–Kier alpha value is -2.40. The third-order valence-corrected chi connectivity index (χ3v) is 4.26. The Morgan fingerprint density at radius 3 is 2.57 bits per heavy atom. The van der Waals surface area contributed by atoms with Crippen LogP contribution in [0, 0.1) is 11.2 Å². The summed E-state index contributed by atoms with van der Waals surface area (Å²) in [5, 5.41) is 8.56. The molecule has 0 spiro atoms. The first-order chi connectivity index (χ1) is 10.2. The fourth-order valence-electron chi connectivity index (χ4n) is 2.06. The van der Waals surface area contributed by atoms with Gasteiger partial charge in [0.25, 0.3) is 0 Å². The highest BCUT2D eigenvalue weighted by Gasteiger charge is 2.14. The Morgan fingerprint density at radius 1 is 1.10 bits per heavy atom. The lowest BCUT2D eigenvalue weighted by Gasteiger charge is -2.11. The van der Waals surface area contributed by atoms with Gasteiger partial charge in [-0.05, 0) is 18.2 Å². The van der Waals surface area contributed by atoms with Crippen molar-refractivity contribution in [2.45, 2.75) is 9.79 Å². The average Bonchev–Trinajstić information content (AvgIpc) is 2.49. The summed E-state index contributed by atoms with van der Waals surface area (Å²) in [4.78, 5) is 5.54. The second kappa shape index (κ2) is 5.54. The quantitative estimate of drug-likeness (QED) is 0.571. The minimum Gasteiger partial charge on any atom is -0.384 e. The van der Waals surface area contributed by atoms with Crippen molar-refractivity contribution < 1.29 is 4.39 Å². The molecule has 21 heavy (non-hydrogen) atoms. The molecule has 0 radical (unpaired) electrons. The zero-order chi connectivity index (χ0) is 14.8. The summed E-state index contributed by atoms with van der Waals surface area (Å²) in [6.45, 7) is 0. The van der Waals surface area contributed by atoms with E-state index >= 15 is 0 Å². The van der Waals surface area contributed by atoms with Gasteiger partial charge in [0.1, 0.15) is 11.7 Å². The maximum Gasteiger partial charge on any atom is 0.137 e. The van der Waals surface area contributed by atoms with Crippen molar-refractivity contribution in [2.75, 3.05) is 0 Å². The van der Waals surface area contributed by atoms with Gasteiger partial charge in [0.2, 0.25) is 0 Å². The fourth-order valence-corrected chi connectivity index (χ4v) is 3.14. The second-order valence-corrected chi connectivity index (χ2v) is 5.52. The lowest BCUT2D eigenvalue weighted by molar-refractivity contribution is 0.602. The predicted octanol–water partition coefficient (Wildman–Crippen LogP) is 3.81. The van der Waals surface area contributed by atoms with Crippen LogP contribution in [0.3, 0.4) is 0 Å². The van der Waals surface area contributed by atoms with Gasteiger partial charge >= 0.3 is 0 Å². The molecule has 0 saturated heterocycles. The van der Waals surface area contributed by atoms with Gasteiger partial charge in [-0.1, -0.05) is 42.1 Å². The molecule has 0 bridgehead atoms. The number of hydrogen-bond donors (Lipinski definition) is 2. The van der Waals surface area contributed by atoms with Gasteiger partial charge in [0.15, 0.2) is 0 Å². The number of nitrogens with zero attached hydrogens (tertiary/aromatic N) is 1. The predicted molar refractivity (Wildman–Crippen MR) is 83.3 cm³/mol. The molecule has 104 valence electrons. The van der Waals surface area contributed by atoms with Crippen molar-refractivity contribution >= 4 is 28.5 Å². The number of fused-ring (bicyclic) bond motifs is 1. The highest BCUT2D eigenvalue weighted by atomic mass is 32.2. The van der Waals surface area contributed by atoms with Crippen LogP contribution < -0.4 is 5.73 Å². The van der Waals surface area contributed by atoms with E-state index in [0.717, 1.165) is 15.8 Å². The van der Waals surface area contributed by atoms with Crippen LogP contribution in [0.2, 0.25) is 0 Å². The van der Waals surface area contributed by atoms with Gasteiger partial charge in [-0.3, -0.25) is 10.4 Å². The minimum absolute atomic E-state index is 0.0768. The molecule has 3 N–H and O–H groups in total. The molecule has 1 aromatic heterocycles. The van der Waals surface area contributed by atoms with Crippen LogP contribution in [0.25, 0.3) is 10.9 Å². The topological polar surface area (TPSA) is 62.8 Å². The number of rotatable bonds is 3. The standard InChI is InChI=1S/C16H12FN3S/c17-12-6-2-4-8-14(12)21-15-10-5-1-3-7-13(10)20-9-11(15)16(18)19/h1-9H,(H3,18,19). The molecule has 1 heterocycles. The van der Waals surface area contributed by atoms with E-state index in [1.165, 1.54) is 17.8 Å². The number of nitrogen functional groups attached to an aromatic ring is 1. The monoisotopic (exact) mass is 297 g/mol. The summed E-state index contributed by atoms with van der Waals surface area (Å²) < 4.78 is 13.9. The number of para-hydroxylation sites is 1. The van der Waals surface area contributed by atoms with Crippen LogP contribution >= 0.6 is 11.8 Å². The molecule has 3 rings (SSSR count). The second-order valence-electron chi connectivity index (χ2n) is 4.46. The van der Waals surface area contributed by atoms with Crippen LogP contribution in [-0.2, 0) is 0 Å². The maximum absolute atomic E-state index is 13.9. The lowest BCUT2D eigenvalue weighted by atomic mass is 10.1. The summed E-state index contributed by atoms with van der Waals surface area (Å²) in [6.07, 6.45) is 1.56. The maximum atomic E-state index is 13.9. The molecule has 0 unspecified atom stereocenters. The Bertz CT molecular complexity index is 833. The van der Waals surface area contributed by atoms with Gasteiger partial charge in [-0.25, -0.2) is 4.39 Å². The molecule has 0 amide bonds. The fraction of sp³-hybridized carbons (Fsp3) is 0. The number of aromatic nitrogens is 1. The number of hydrogen-bond acceptors (Lipinski definition) is 3. The SMILES string of the molecule is N=C(N)c1cnc2ccccc2c1Sc1ccccc1F. The third kappa shape index (κ3) is 2.60. The molecule has 3 aromatic rings. The van der Waals surface area contributed by atoms with Crippen LogP contribution in [0.5, 0.6) is 0 Å². The first kappa shape index (κ1) is 13.6. The van der Waals surface area contributed by atoms with E-state index in [2.05, 4.69) is 4.98 Å². The van der Waals surface area contributed by atoms with Crippen molar-refractivity contribution in [3.63, 3.8) is 0 Å². The largest absolute Gasteiger partial charge is 0.384 e. The Morgan fingerprint density at radius 2 is 1.81 bits per heavy atom. The summed E-state index contributed by atoms with van der Waals surface area (Å²) >= 11 is 1.26. The smallest absolute Gasteiger partial charge is 0.137 e. The van der Waals surface area contributed by atoms with E-state index in [1.807, 2.05) is 24.3 Å². The molecular weight excluding hydrogens is 285 g/mol. The Labute approximate surface area is 125 Å². The first-order valence-corrected chi connectivity index (χ1v) is 7.13. The van der Waals surface area contributed by atoms with Crippen LogP contribution in [0.1, 0.15) is 5.56 Å². The van der Waals surface area contributed by atoms with E-state index in [0.29, 0.717) is 10.5 Å². The van der Waals surface area contributed by atoms with E-state index < -0.39 is 0 Å². The van der Waals surface area contributed by atoms with E-state index in [1.54, 1.807) is 24.4 Å². The van der Waals surface area contributed by atoms with E-state index in [4.69, 9.17) is 11.1 Å². The number of pyridine rings is 1. The minimum atomic E-state index is -0.294. The first-order valence-electron chi connectivity index (χ1n) is 6.31. The summed E-state index contributed by atoms with van der Waals surface area (Å²) in [6, 6.07) is 14.1. The van der Waals surface area contributed by atoms with Crippen molar-refractivity contribution in [3.8, 4) is 0 Å². The normalized spacial score (nSPS) is 10.7.